The lowest BCUT2D eigenvalue weighted by Gasteiger charge is -2.09. The molecule has 2 aromatic carbocycles. The maximum absolute atomic E-state index is 11.6. The van der Waals surface area contributed by atoms with E-state index < -0.39 is 4.92 Å². The molecule has 0 unspecified atom stereocenters. The fourth-order valence-corrected chi connectivity index (χ4v) is 3.15. The molecule has 0 fully saturated rings. The molecule has 0 aliphatic carbocycles. The number of benzene rings is 2. The van der Waals surface area contributed by atoms with Crippen molar-refractivity contribution in [2.45, 2.75) is 16.8 Å². The van der Waals surface area contributed by atoms with Crippen LogP contribution in [-0.4, -0.2) is 20.8 Å². The van der Waals surface area contributed by atoms with E-state index in [-0.39, 0.29) is 22.4 Å². The van der Waals surface area contributed by atoms with Gasteiger partial charge in [0.25, 0.3) is 0 Å². The van der Waals surface area contributed by atoms with Crippen LogP contribution in [0.4, 0.5) is 22.9 Å². The number of anilines is 3. The maximum atomic E-state index is 11.6. The summed E-state index contributed by atoms with van der Waals surface area (Å²) in [6.07, 6.45) is 1.28. The van der Waals surface area contributed by atoms with E-state index in [0.717, 1.165) is 4.90 Å². The molecule has 0 atom stereocenters. The summed E-state index contributed by atoms with van der Waals surface area (Å²) in [5.74, 6) is -0.0783. The largest absolute Gasteiger partial charge is 0.343 e. The molecule has 8 nitrogen and oxygen atoms in total. The highest BCUT2D eigenvalue weighted by Crippen LogP contribution is 2.37. The second-order valence-electron chi connectivity index (χ2n) is 5.43. The Kier molecular flexibility index (Phi) is 5.62. The summed E-state index contributed by atoms with van der Waals surface area (Å²) in [7, 11) is 0. The molecule has 9 heteroatoms. The number of hydrogen-bond donors (Lipinski definition) is 2. The molecular formula is C18H15N5O3S. The Balaban J connectivity index is 1.88. The SMILES string of the molecule is CC(=O)Nc1ccc(Nc2ncnc(Sc3ccccc3)c2[N+](=O)[O-])cc1. The Labute approximate surface area is 159 Å². The molecule has 0 radical (unpaired) electrons. The van der Waals surface area contributed by atoms with Crippen LogP contribution >= 0.6 is 11.8 Å². The minimum Gasteiger partial charge on any atom is -0.334 e. The number of carbonyl (C=O) groups excluding carboxylic acids is 1. The number of nitrogens with zero attached hydrogens (tertiary/aromatic N) is 3. The van der Waals surface area contributed by atoms with Gasteiger partial charge in [-0.1, -0.05) is 30.0 Å². The van der Waals surface area contributed by atoms with Gasteiger partial charge in [-0.3, -0.25) is 14.9 Å². The van der Waals surface area contributed by atoms with Gasteiger partial charge in [-0.05, 0) is 36.4 Å². The average molecular weight is 381 g/mol. The summed E-state index contributed by atoms with van der Waals surface area (Å²) < 4.78 is 0. The normalized spacial score (nSPS) is 10.3. The van der Waals surface area contributed by atoms with Crippen LogP contribution in [0.15, 0.2) is 70.8 Å². The third-order valence-electron chi connectivity index (χ3n) is 3.40. The Morgan fingerprint density at radius 1 is 1.04 bits per heavy atom. The molecule has 0 saturated carbocycles. The van der Waals surface area contributed by atoms with Crippen LogP contribution in [0, 0.1) is 10.1 Å². The second kappa shape index (κ2) is 8.28. The monoisotopic (exact) mass is 381 g/mol. The topological polar surface area (TPSA) is 110 Å². The van der Waals surface area contributed by atoms with Gasteiger partial charge in [0.05, 0.1) is 4.92 Å². The Morgan fingerprint density at radius 2 is 1.70 bits per heavy atom. The summed E-state index contributed by atoms with van der Waals surface area (Å²) in [6, 6.07) is 16.1. The fourth-order valence-electron chi connectivity index (χ4n) is 2.27. The third-order valence-corrected chi connectivity index (χ3v) is 4.40. The quantitative estimate of drug-likeness (QED) is 0.373. The van der Waals surface area contributed by atoms with Gasteiger partial charge in [-0.25, -0.2) is 9.97 Å². The van der Waals surface area contributed by atoms with Crippen LogP contribution in [0.1, 0.15) is 6.92 Å². The van der Waals surface area contributed by atoms with Crippen LogP contribution < -0.4 is 10.6 Å². The van der Waals surface area contributed by atoms with Crippen molar-refractivity contribution >= 4 is 40.5 Å². The summed E-state index contributed by atoms with van der Waals surface area (Å²) in [5, 5.41) is 17.5. The molecular weight excluding hydrogens is 366 g/mol. The molecule has 0 saturated heterocycles. The van der Waals surface area contributed by atoms with E-state index in [2.05, 4.69) is 20.6 Å². The predicted molar refractivity (Wildman–Crippen MR) is 103 cm³/mol. The number of hydrogen-bond acceptors (Lipinski definition) is 7. The Morgan fingerprint density at radius 3 is 2.33 bits per heavy atom. The van der Waals surface area contributed by atoms with Gasteiger partial charge in [0.1, 0.15) is 6.33 Å². The predicted octanol–water partition coefficient (Wildman–Crippen LogP) is 4.24. The van der Waals surface area contributed by atoms with Gasteiger partial charge in [0.2, 0.25) is 11.7 Å². The van der Waals surface area contributed by atoms with E-state index in [9.17, 15) is 14.9 Å². The van der Waals surface area contributed by atoms with Crippen molar-refractivity contribution in [1.29, 1.82) is 0 Å². The molecule has 1 aromatic heterocycles. The van der Waals surface area contributed by atoms with Crippen molar-refractivity contribution in [2.75, 3.05) is 10.6 Å². The number of rotatable bonds is 6. The van der Waals surface area contributed by atoms with E-state index >= 15 is 0 Å². The number of carbonyl (C=O) groups is 1. The molecule has 3 aromatic rings. The first-order chi connectivity index (χ1) is 13.0. The summed E-state index contributed by atoms with van der Waals surface area (Å²) in [6.45, 7) is 1.42. The lowest BCUT2D eigenvalue weighted by Crippen LogP contribution is -2.06. The zero-order valence-corrected chi connectivity index (χ0v) is 15.1. The molecule has 0 aliphatic rings. The average Bonchev–Trinajstić information content (AvgIpc) is 2.64. The van der Waals surface area contributed by atoms with Gasteiger partial charge >= 0.3 is 5.69 Å². The highest BCUT2D eigenvalue weighted by Gasteiger charge is 2.23. The van der Waals surface area contributed by atoms with Gasteiger partial charge in [-0.15, -0.1) is 0 Å². The van der Waals surface area contributed by atoms with E-state index in [1.54, 1.807) is 24.3 Å². The maximum Gasteiger partial charge on any atom is 0.343 e. The lowest BCUT2D eigenvalue weighted by molar-refractivity contribution is -0.387. The van der Waals surface area contributed by atoms with Crippen LogP contribution in [0.3, 0.4) is 0 Å². The van der Waals surface area contributed by atoms with Gasteiger partial charge < -0.3 is 10.6 Å². The van der Waals surface area contributed by atoms with Crippen molar-refractivity contribution in [3.63, 3.8) is 0 Å². The number of nitrogens with one attached hydrogen (secondary N) is 2. The van der Waals surface area contributed by atoms with Crippen molar-refractivity contribution in [1.82, 2.24) is 9.97 Å². The Hall–Kier alpha value is -3.46. The zero-order chi connectivity index (χ0) is 19.2. The summed E-state index contributed by atoms with van der Waals surface area (Å²) in [5.41, 5.74) is 1.03. The minimum atomic E-state index is -0.501. The number of amides is 1. The van der Waals surface area contributed by atoms with Gasteiger partial charge in [-0.2, -0.15) is 0 Å². The number of nitro groups is 1. The van der Waals surface area contributed by atoms with E-state index in [0.29, 0.717) is 11.4 Å². The first kappa shape index (κ1) is 18.3. The molecule has 1 amide bonds. The van der Waals surface area contributed by atoms with E-state index in [1.165, 1.54) is 25.0 Å². The molecule has 1 heterocycles. The fraction of sp³-hybridized carbons (Fsp3) is 0.0556. The molecule has 0 spiro atoms. The standard InChI is InChI=1S/C18H15N5O3S/c1-12(24)21-13-7-9-14(10-8-13)22-17-16(23(25)26)18(20-11-19-17)27-15-5-3-2-4-6-15/h2-11H,1H3,(H,21,24)(H,19,20,22). The molecule has 3 rings (SSSR count). The van der Waals surface area contributed by atoms with Gasteiger partial charge in [0.15, 0.2) is 5.03 Å². The molecule has 27 heavy (non-hydrogen) atoms. The molecule has 0 bridgehead atoms. The van der Waals surface area contributed by atoms with E-state index in [1.807, 2.05) is 30.3 Å². The van der Waals surface area contributed by atoms with Crippen LogP contribution in [0.5, 0.6) is 0 Å². The summed E-state index contributed by atoms with van der Waals surface area (Å²) >= 11 is 1.20. The Bertz CT molecular complexity index is 964. The lowest BCUT2D eigenvalue weighted by atomic mass is 10.2. The summed E-state index contributed by atoms with van der Waals surface area (Å²) in [4.78, 5) is 31.1. The van der Waals surface area contributed by atoms with Crippen LogP contribution in [0.2, 0.25) is 0 Å². The van der Waals surface area contributed by atoms with E-state index in [4.69, 9.17) is 0 Å². The zero-order valence-electron chi connectivity index (χ0n) is 14.2. The minimum absolute atomic E-state index is 0.0979. The molecule has 0 aliphatic heterocycles. The second-order valence-corrected chi connectivity index (χ2v) is 6.49. The molecule has 136 valence electrons. The first-order valence-corrected chi connectivity index (χ1v) is 8.71. The molecule has 2 N–H and O–H groups in total. The third kappa shape index (κ3) is 4.79. The van der Waals surface area contributed by atoms with Crippen LogP contribution in [0.25, 0.3) is 0 Å². The van der Waals surface area contributed by atoms with Crippen LogP contribution in [-0.2, 0) is 4.79 Å². The van der Waals surface area contributed by atoms with Crippen molar-refractivity contribution in [2.24, 2.45) is 0 Å². The van der Waals surface area contributed by atoms with Crippen molar-refractivity contribution in [3.05, 3.63) is 71.0 Å². The van der Waals surface area contributed by atoms with Crippen molar-refractivity contribution < 1.29 is 9.72 Å². The highest BCUT2D eigenvalue weighted by molar-refractivity contribution is 7.99. The highest BCUT2D eigenvalue weighted by atomic mass is 32.2. The van der Waals surface area contributed by atoms with Gasteiger partial charge in [0, 0.05) is 23.2 Å². The first-order valence-electron chi connectivity index (χ1n) is 7.90. The number of aromatic nitrogens is 2. The van der Waals surface area contributed by atoms with Crippen molar-refractivity contribution in [3.8, 4) is 0 Å². The smallest absolute Gasteiger partial charge is 0.334 e.